The minimum absolute atomic E-state index is 0.0595. The third kappa shape index (κ3) is 4.76. The highest BCUT2D eigenvalue weighted by molar-refractivity contribution is 8.18. The van der Waals surface area contributed by atoms with E-state index in [0.29, 0.717) is 17.3 Å². The lowest BCUT2D eigenvalue weighted by molar-refractivity contribution is -0.137. The van der Waals surface area contributed by atoms with E-state index >= 15 is 0 Å². The maximum Gasteiger partial charge on any atom is 0.305 e. The Hall–Kier alpha value is -3.01. The minimum atomic E-state index is -1.07. The van der Waals surface area contributed by atoms with Crippen LogP contribution in [-0.2, 0) is 14.4 Å². The highest BCUT2D eigenvalue weighted by Crippen LogP contribution is 2.33. The molecule has 10 heteroatoms. The molecule has 1 aliphatic rings. The summed E-state index contributed by atoms with van der Waals surface area (Å²) >= 11 is 0.686. The molecule has 1 saturated heterocycles. The molecule has 0 unspecified atom stereocenters. The van der Waals surface area contributed by atoms with Gasteiger partial charge in [0.1, 0.15) is 6.54 Å². The van der Waals surface area contributed by atoms with Gasteiger partial charge in [0.15, 0.2) is 11.5 Å². The summed E-state index contributed by atoms with van der Waals surface area (Å²) in [5.74, 6) is -2.16. The second-order valence-corrected chi connectivity index (χ2v) is 6.19. The molecule has 1 aromatic rings. The van der Waals surface area contributed by atoms with Crippen LogP contribution in [-0.4, -0.2) is 58.3 Å². The Morgan fingerprint density at radius 2 is 2.08 bits per heavy atom. The number of nitrogens with one attached hydrogen (secondary N) is 1. The van der Waals surface area contributed by atoms with E-state index in [1.54, 1.807) is 6.07 Å². The number of nitrogens with zero attached hydrogens (tertiary/aromatic N) is 1. The normalized spacial score (nSPS) is 15.4. The van der Waals surface area contributed by atoms with Crippen molar-refractivity contribution in [1.82, 2.24) is 10.2 Å². The van der Waals surface area contributed by atoms with Gasteiger partial charge in [-0.25, -0.2) is 0 Å². The van der Waals surface area contributed by atoms with Gasteiger partial charge in [-0.05, 0) is 35.5 Å². The predicted octanol–water partition coefficient (Wildman–Crippen LogP) is 1.03. The van der Waals surface area contributed by atoms with Crippen molar-refractivity contribution in [2.45, 2.75) is 6.42 Å². The number of phenols is 1. The molecule has 1 heterocycles. The number of carbonyl (C=O) groups excluding carboxylic acids is 3. The van der Waals surface area contributed by atoms with Crippen LogP contribution in [0.4, 0.5) is 4.79 Å². The van der Waals surface area contributed by atoms with Crippen LogP contribution in [0.25, 0.3) is 6.08 Å². The average molecular weight is 380 g/mol. The number of imide groups is 1. The lowest BCUT2D eigenvalue weighted by Gasteiger charge is -2.11. The monoisotopic (exact) mass is 380 g/mol. The van der Waals surface area contributed by atoms with E-state index in [1.807, 2.05) is 0 Å². The zero-order valence-corrected chi connectivity index (χ0v) is 14.5. The lowest BCUT2D eigenvalue weighted by Crippen LogP contribution is -2.40. The lowest BCUT2D eigenvalue weighted by atomic mass is 10.2. The van der Waals surface area contributed by atoms with Crippen molar-refractivity contribution < 1.29 is 34.1 Å². The van der Waals surface area contributed by atoms with Gasteiger partial charge in [-0.15, -0.1) is 0 Å². The van der Waals surface area contributed by atoms with Crippen LogP contribution in [0, 0.1) is 0 Å². The second kappa shape index (κ2) is 8.39. The van der Waals surface area contributed by atoms with Gasteiger partial charge >= 0.3 is 5.97 Å². The molecule has 0 atom stereocenters. The highest BCUT2D eigenvalue weighted by atomic mass is 32.2. The zero-order chi connectivity index (χ0) is 19.3. The summed E-state index contributed by atoms with van der Waals surface area (Å²) in [6.07, 6.45) is 1.20. The molecule has 26 heavy (non-hydrogen) atoms. The predicted molar refractivity (Wildman–Crippen MR) is 92.6 cm³/mol. The Morgan fingerprint density at radius 3 is 2.73 bits per heavy atom. The molecule has 2 rings (SSSR count). The molecular formula is C16H16N2O7S. The summed E-state index contributed by atoms with van der Waals surface area (Å²) in [7, 11) is 1.38. The third-order valence-electron chi connectivity index (χ3n) is 3.34. The van der Waals surface area contributed by atoms with Gasteiger partial charge in [-0.3, -0.25) is 24.1 Å². The van der Waals surface area contributed by atoms with Crippen molar-refractivity contribution in [1.29, 1.82) is 0 Å². The van der Waals surface area contributed by atoms with Crippen molar-refractivity contribution >= 4 is 40.9 Å². The Balaban J connectivity index is 2.06. The molecule has 138 valence electrons. The van der Waals surface area contributed by atoms with E-state index < -0.39 is 29.6 Å². The van der Waals surface area contributed by atoms with Gasteiger partial charge in [0.05, 0.1) is 18.4 Å². The largest absolute Gasteiger partial charge is 0.504 e. The SMILES string of the molecule is COc1cc(/C=C2\SC(=O)N(CC(=O)NCCC(=O)O)C2=O)ccc1O. The van der Waals surface area contributed by atoms with E-state index in [4.69, 9.17) is 9.84 Å². The number of hydrogen-bond donors (Lipinski definition) is 3. The molecule has 3 N–H and O–H groups in total. The first kappa shape index (κ1) is 19.3. The van der Waals surface area contributed by atoms with Crippen molar-refractivity contribution in [2.24, 2.45) is 0 Å². The Morgan fingerprint density at radius 1 is 1.35 bits per heavy atom. The summed E-state index contributed by atoms with van der Waals surface area (Å²) in [5.41, 5.74) is 0.538. The number of phenolic OH excluding ortho intramolecular Hbond substituents is 1. The summed E-state index contributed by atoms with van der Waals surface area (Å²) < 4.78 is 4.98. The van der Waals surface area contributed by atoms with Crippen LogP contribution in [0.5, 0.6) is 11.5 Å². The fourth-order valence-corrected chi connectivity index (χ4v) is 2.92. The van der Waals surface area contributed by atoms with Crippen LogP contribution in [0.15, 0.2) is 23.1 Å². The van der Waals surface area contributed by atoms with Gasteiger partial charge in [0, 0.05) is 6.54 Å². The number of aliphatic carboxylic acids is 1. The van der Waals surface area contributed by atoms with Gasteiger partial charge in [-0.1, -0.05) is 6.07 Å². The number of methoxy groups -OCH3 is 1. The van der Waals surface area contributed by atoms with Crippen molar-refractivity contribution in [2.75, 3.05) is 20.2 Å². The minimum Gasteiger partial charge on any atom is -0.504 e. The van der Waals surface area contributed by atoms with Crippen molar-refractivity contribution in [3.63, 3.8) is 0 Å². The maximum absolute atomic E-state index is 12.3. The molecule has 0 aliphatic carbocycles. The van der Waals surface area contributed by atoms with E-state index in [-0.39, 0.29) is 29.4 Å². The van der Waals surface area contributed by atoms with E-state index in [1.165, 1.54) is 25.3 Å². The number of hydrogen-bond acceptors (Lipinski definition) is 7. The molecular weight excluding hydrogens is 364 g/mol. The van der Waals surface area contributed by atoms with E-state index in [2.05, 4.69) is 5.32 Å². The summed E-state index contributed by atoms with van der Waals surface area (Å²) in [6.45, 7) is -0.575. The van der Waals surface area contributed by atoms with Crippen LogP contribution >= 0.6 is 11.8 Å². The van der Waals surface area contributed by atoms with E-state index in [0.717, 1.165) is 4.90 Å². The second-order valence-electron chi connectivity index (χ2n) is 5.19. The number of ether oxygens (including phenoxy) is 1. The topological polar surface area (TPSA) is 133 Å². The first-order valence-corrected chi connectivity index (χ1v) is 8.24. The van der Waals surface area contributed by atoms with Gasteiger partial charge < -0.3 is 20.3 Å². The van der Waals surface area contributed by atoms with Crippen LogP contribution in [0.1, 0.15) is 12.0 Å². The van der Waals surface area contributed by atoms with Crippen LogP contribution in [0.3, 0.4) is 0 Å². The number of rotatable bonds is 7. The summed E-state index contributed by atoms with van der Waals surface area (Å²) in [6, 6.07) is 4.44. The number of carbonyl (C=O) groups is 4. The summed E-state index contributed by atoms with van der Waals surface area (Å²) in [5, 5.41) is 19.8. The number of aromatic hydroxyl groups is 1. The zero-order valence-electron chi connectivity index (χ0n) is 13.7. The molecule has 0 radical (unpaired) electrons. The van der Waals surface area contributed by atoms with E-state index in [9.17, 15) is 24.3 Å². The number of benzene rings is 1. The molecule has 0 spiro atoms. The molecule has 0 aromatic heterocycles. The van der Waals surface area contributed by atoms with Crippen LogP contribution in [0.2, 0.25) is 0 Å². The fraction of sp³-hybridized carbons (Fsp3) is 0.250. The molecule has 1 aliphatic heterocycles. The number of amides is 3. The molecule has 1 aromatic carbocycles. The first-order valence-electron chi connectivity index (χ1n) is 7.42. The first-order chi connectivity index (χ1) is 12.3. The average Bonchev–Trinajstić information content (AvgIpc) is 2.83. The number of carboxylic acids is 1. The van der Waals surface area contributed by atoms with Crippen LogP contribution < -0.4 is 10.1 Å². The highest BCUT2D eigenvalue weighted by Gasteiger charge is 2.36. The Bertz CT molecular complexity index is 791. The third-order valence-corrected chi connectivity index (χ3v) is 4.25. The molecule has 3 amide bonds. The molecule has 0 saturated carbocycles. The smallest absolute Gasteiger partial charge is 0.305 e. The Kier molecular flexibility index (Phi) is 6.23. The Labute approximate surface area is 152 Å². The van der Waals surface area contributed by atoms with Gasteiger partial charge in [0.2, 0.25) is 5.91 Å². The molecule has 9 nitrogen and oxygen atoms in total. The standard InChI is InChI=1S/C16H16N2O7S/c1-25-11-6-9(2-3-10(11)19)7-12-15(23)18(16(24)26-12)8-13(20)17-5-4-14(21)22/h2-3,6-7,19H,4-5,8H2,1H3,(H,17,20)(H,21,22)/b12-7-. The van der Waals surface area contributed by atoms with Gasteiger partial charge in [0.25, 0.3) is 11.1 Å². The molecule has 1 fully saturated rings. The van der Waals surface area contributed by atoms with Crippen molar-refractivity contribution in [3.8, 4) is 11.5 Å². The summed E-state index contributed by atoms with van der Waals surface area (Å²) in [4.78, 5) is 47.3. The number of carboxylic acid groups (broad SMARTS) is 1. The van der Waals surface area contributed by atoms with Gasteiger partial charge in [-0.2, -0.15) is 0 Å². The quantitative estimate of drug-likeness (QED) is 0.597. The molecule has 0 bridgehead atoms. The maximum atomic E-state index is 12.3. The number of thioether (sulfide) groups is 1. The fourth-order valence-electron chi connectivity index (χ4n) is 2.08. The van der Waals surface area contributed by atoms with Crippen molar-refractivity contribution in [3.05, 3.63) is 28.7 Å².